The Kier molecular flexibility index (Phi) is 4.35. The summed E-state index contributed by atoms with van der Waals surface area (Å²) in [6.45, 7) is 11.2. The minimum Gasteiger partial charge on any atom is -0.301 e. The first kappa shape index (κ1) is 13.5. The van der Waals surface area contributed by atoms with Crippen LogP contribution in [0.1, 0.15) is 40.5 Å². The monoisotopic (exact) mass is 223 g/mol. The van der Waals surface area contributed by atoms with Crippen LogP contribution in [0.2, 0.25) is 0 Å². The second kappa shape index (κ2) is 5.16. The van der Waals surface area contributed by atoms with Gasteiger partial charge in [-0.15, -0.1) is 0 Å². The van der Waals surface area contributed by atoms with Gasteiger partial charge < -0.3 is 4.90 Å². The molecule has 2 atom stereocenters. The molecule has 1 heterocycles. The van der Waals surface area contributed by atoms with Crippen LogP contribution in [0.5, 0.6) is 0 Å². The van der Waals surface area contributed by atoms with Gasteiger partial charge in [0.2, 0.25) is 0 Å². The molecule has 92 valence electrons. The van der Waals surface area contributed by atoms with Crippen LogP contribution in [0.25, 0.3) is 0 Å². The number of hydrogen-bond acceptors (Lipinski definition) is 3. The normalized spacial score (nSPS) is 29.8. The van der Waals surface area contributed by atoms with E-state index in [2.05, 4.69) is 50.6 Å². The molecule has 1 saturated heterocycles. The highest BCUT2D eigenvalue weighted by molar-refractivity contribution is 4.92. The summed E-state index contributed by atoms with van der Waals surface area (Å²) in [5, 5.41) is 8.89. The third kappa shape index (κ3) is 3.20. The summed E-state index contributed by atoms with van der Waals surface area (Å²) in [5.41, 5.74) is 0.193. The van der Waals surface area contributed by atoms with Gasteiger partial charge in [0.25, 0.3) is 0 Å². The molecule has 0 aliphatic carbocycles. The van der Waals surface area contributed by atoms with Gasteiger partial charge in [0.15, 0.2) is 0 Å². The standard InChI is InChI=1S/C13H25N3/c1-11-7-9-15(5)12(6-8-14)10-16(11)13(2,3)4/h11-12H,6-7,9-10H2,1-5H3. The summed E-state index contributed by atoms with van der Waals surface area (Å²) in [6, 6.07) is 3.30. The van der Waals surface area contributed by atoms with Crippen molar-refractivity contribution in [2.75, 3.05) is 20.1 Å². The molecule has 3 nitrogen and oxygen atoms in total. The Labute approximate surface area is 100 Å². The molecule has 1 aliphatic heterocycles. The van der Waals surface area contributed by atoms with Gasteiger partial charge in [0.05, 0.1) is 12.5 Å². The molecular weight excluding hydrogens is 198 g/mol. The lowest BCUT2D eigenvalue weighted by Gasteiger charge is -2.40. The van der Waals surface area contributed by atoms with Gasteiger partial charge in [-0.1, -0.05) is 0 Å². The fraction of sp³-hybridized carbons (Fsp3) is 0.923. The Morgan fingerprint density at radius 1 is 1.38 bits per heavy atom. The van der Waals surface area contributed by atoms with Crippen molar-refractivity contribution in [2.45, 2.75) is 58.2 Å². The predicted octanol–water partition coefficient (Wildman–Crippen LogP) is 2.09. The van der Waals surface area contributed by atoms with Crippen LogP contribution in [0.4, 0.5) is 0 Å². The van der Waals surface area contributed by atoms with Crippen molar-refractivity contribution in [3.63, 3.8) is 0 Å². The van der Waals surface area contributed by atoms with Gasteiger partial charge in [-0.3, -0.25) is 4.90 Å². The van der Waals surface area contributed by atoms with E-state index in [4.69, 9.17) is 5.26 Å². The molecule has 0 N–H and O–H groups in total. The van der Waals surface area contributed by atoms with Crippen LogP contribution >= 0.6 is 0 Å². The number of nitrogens with zero attached hydrogens (tertiary/aromatic N) is 3. The van der Waals surface area contributed by atoms with Crippen molar-refractivity contribution in [3.05, 3.63) is 0 Å². The quantitative estimate of drug-likeness (QED) is 0.682. The van der Waals surface area contributed by atoms with Gasteiger partial charge in [0.1, 0.15) is 0 Å². The van der Waals surface area contributed by atoms with Crippen LogP contribution in [0, 0.1) is 11.3 Å². The summed E-state index contributed by atoms with van der Waals surface area (Å²) in [7, 11) is 2.14. The molecule has 1 rings (SSSR count). The van der Waals surface area contributed by atoms with Crippen LogP contribution in [-0.2, 0) is 0 Å². The largest absolute Gasteiger partial charge is 0.301 e. The first-order valence-electron chi connectivity index (χ1n) is 6.20. The van der Waals surface area contributed by atoms with Crippen molar-refractivity contribution in [3.8, 4) is 6.07 Å². The third-order valence-corrected chi connectivity index (χ3v) is 3.65. The van der Waals surface area contributed by atoms with Crippen LogP contribution in [0.3, 0.4) is 0 Å². The SMILES string of the molecule is CC1CCN(C)C(CC#N)CN1C(C)(C)C. The Bertz CT molecular complexity index is 261. The lowest BCUT2D eigenvalue weighted by Crippen LogP contribution is -2.50. The molecule has 1 fully saturated rings. The van der Waals surface area contributed by atoms with Crippen molar-refractivity contribution in [2.24, 2.45) is 0 Å². The minimum atomic E-state index is 0.193. The van der Waals surface area contributed by atoms with Gasteiger partial charge in [0, 0.05) is 24.2 Å². The maximum absolute atomic E-state index is 8.89. The Morgan fingerprint density at radius 2 is 2.00 bits per heavy atom. The van der Waals surface area contributed by atoms with Crippen LogP contribution in [0.15, 0.2) is 0 Å². The van der Waals surface area contributed by atoms with E-state index < -0.39 is 0 Å². The summed E-state index contributed by atoms with van der Waals surface area (Å²) in [6.07, 6.45) is 1.82. The first-order valence-corrected chi connectivity index (χ1v) is 6.20. The van der Waals surface area contributed by atoms with Gasteiger partial charge >= 0.3 is 0 Å². The predicted molar refractivity (Wildman–Crippen MR) is 67.2 cm³/mol. The molecule has 2 unspecified atom stereocenters. The molecule has 16 heavy (non-hydrogen) atoms. The smallest absolute Gasteiger partial charge is 0.0638 e. The summed E-state index contributed by atoms with van der Waals surface area (Å²) < 4.78 is 0. The molecule has 1 aliphatic rings. The molecule has 0 saturated carbocycles. The molecule has 0 spiro atoms. The van der Waals surface area contributed by atoms with Crippen molar-refractivity contribution >= 4 is 0 Å². The fourth-order valence-electron chi connectivity index (χ4n) is 2.54. The summed E-state index contributed by atoms with van der Waals surface area (Å²) in [4.78, 5) is 4.88. The van der Waals surface area contributed by atoms with E-state index in [1.807, 2.05) is 0 Å². The minimum absolute atomic E-state index is 0.193. The summed E-state index contributed by atoms with van der Waals surface area (Å²) >= 11 is 0. The van der Waals surface area contributed by atoms with E-state index in [0.29, 0.717) is 18.5 Å². The van der Waals surface area contributed by atoms with Gasteiger partial charge in [-0.05, 0) is 47.7 Å². The number of nitriles is 1. The highest BCUT2D eigenvalue weighted by Gasteiger charge is 2.32. The average molecular weight is 223 g/mol. The lowest BCUT2D eigenvalue weighted by molar-refractivity contribution is 0.0815. The molecule has 0 bridgehead atoms. The summed E-state index contributed by atoms with van der Waals surface area (Å²) in [5.74, 6) is 0. The zero-order chi connectivity index (χ0) is 12.3. The fourth-order valence-corrected chi connectivity index (χ4v) is 2.54. The number of hydrogen-bond donors (Lipinski definition) is 0. The molecular formula is C13H25N3. The zero-order valence-corrected chi connectivity index (χ0v) is 11.3. The van der Waals surface area contributed by atoms with Crippen molar-refractivity contribution in [1.82, 2.24) is 9.80 Å². The molecule has 0 aromatic carbocycles. The lowest BCUT2D eigenvalue weighted by atomic mass is 10.0. The highest BCUT2D eigenvalue weighted by Crippen LogP contribution is 2.24. The average Bonchev–Trinajstić information content (AvgIpc) is 2.30. The molecule has 3 heteroatoms. The highest BCUT2D eigenvalue weighted by atomic mass is 15.3. The van der Waals surface area contributed by atoms with Gasteiger partial charge in [-0.2, -0.15) is 5.26 Å². The van der Waals surface area contributed by atoms with Crippen LogP contribution in [-0.4, -0.2) is 47.6 Å². The molecule has 0 amide bonds. The Balaban J connectivity index is 2.81. The van der Waals surface area contributed by atoms with E-state index in [1.165, 1.54) is 6.42 Å². The second-order valence-corrected chi connectivity index (χ2v) is 5.96. The van der Waals surface area contributed by atoms with E-state index >= 15 is 0 Å². The van der Waals surface area contributed by atoms with E-state index in [-0.39, 0.29) is 5.54 Å². The Morgan fingerprint density at radius 3 is 2.50 bits per heavy atom. The molecule has 0 radical (unpaired) electrons. The maximum Gasteiger partial charge on any atom is 0.0638 e. The first-order chi connectivity index (χ1) is 7.36. The number of likely N-dealkylation sites (N-methyl/N-ethyl adjacent to an activating group) is 1. The third-order valence-electron chi connectivity index (χ3n) is 3.65. The molecule has 0 aromatic rings. The topological polar surface area (TPSA) is 30.3 Å². The van der Waals surface area contributed by atoms with E-state index in [0.717, 1.165) is 13.1 Å². The maximum atomic E-state index is 8.89. The van der Waals surface area contributed by atoms with E-state index in [1.54, 1.807) is 0 Å². The Hall–Kier alpha value is -0.590. The van der Waals surface area contributed by atoms with Crippen molar-refractivity contribution in [1.29, 1.82) is 5.26 Å². The molecule has 0 aromatic heterocycles. The van der Waals surface area contributed by atoms with E-state index in [9.17, 15) is 0 Å². The zero-order valence-electron chi connectivity index (χ0n) is 11.3. The van der Waals surface area contributed by atoms with Crippen molar-refractivity contribution < 1.29 is 0 Å². The number of rotatable bonds is 1. The van der Waals surface area contributed by atoms with Gasteiger partial charge in [-0.25, -0.2) is 0 Å². The van der Waals surface area contributed by atoms with Crippen LogP contribution < -0.4 is 0 Å². The second-order valence-electron chi connectivity index (χ2n) is 5.96.